The summed E-state index contributed by atoms with van der Waals surface area (Å²) in [6, 6.07) is 5.83. The maximum absolute atomic E-state index is 6.12. The summed E-state index contributed by atoms with van der Waals surface area (Å²) in [4.78, 5) is 0.374. The molecule has 0 aromatic heterocycles. The van der Waals surface area contributed by atoms with Crippen LogP contribution in [0.15, 0.2) is 22.7 Å². The van der Waals surface area contributed by atoms with Crippen molar-refractivity contribution in [1.82, 2.24) is 0 Å². The number of rotatable bonds is 3. The molecule has 104 valence electrons. The molecular weight excluding hydrogens is 322 g/mol. The summed E-state index contributed by atoms with van der Waals surface area (Å²) in [7, 11) is 0. The Labute approximate surface area is 128 Å². The predicted octanol–water partition coefficient (Wildman–Crippen LogP) is 4.43. The Morgan fingerprint density at radius 1 is 1.37 bits per heavy atom. The lowest BCUT2D eigenvalue weighted by molar-refractivity contribution is 0.0986. The van der Waals surface area contributed by atoms with Crippen molar-refractivity contribution in [2.75, 3.05) is 0 Å². The highest BCUT2D eigenvalue weighted by Gasteiger charge is 2.28. The second-order valence-electron chi connectivity index (χ2n) is 5.96. The Bertz CT molecular complexity index is 477. The number of halogens is 1. The second kappa shape index (κ2) is 5.80. The fourth-order valence-electron chi connectivity index (χ4n) is 2.51. The van der Waals surface area contributed by atoms with E-state index < -0.39 is 0 Å². The van der Waals surface area contributed by atoms with E-state index in [4.69, 9.17) is 22.7 Å². The SMILES string of the molecule is CC1(C)CCC(Oc2cccc(Br)c2C(N)=S)CC1. The predicted molar refractivity (Wildman–Crippen MR) is 86.7 cm³/mol. The van der Waals surface area contributed by atoms with E-state index in [9.17, 15) is 0 Å². The molecule has 1 aliphatic carbocycles. The van der Waals surface area contributed by atoms with Crippen molar-refractivity contribution in [2.45, 2.75) is 45.6 Å². The molecule has 4 heteroatoms. The van der Waals surface area contributed by atoms with Crippen LogP contribution in [0.4, 0.5) is 0 Å². The van der Waals surface area contributed by atoms with E-state index in [1.54, 1.807) is 0 Å². The molecule has 19 heavy (non-hydrogen) atoms. The standard InChI is InChI=1S/C15H20BrNOS/c1-15(2)8-6-10(7-9-15)18-12-5-3-4-11(16)13(12)14(17)19/h3-5,10H,6-9H2,1-2H3,(H2,17,19). The van der Waals surface area contributed by atoms with Crippen LogP contribution >= 0.6 is 28.1 Å². The van der Waals surface area contributed by atoms with Crippen molar-refractivity contribution in [3.63, 3.8) is 0 Å². The summed E-state index contributed by atoms with van der Waals surface area (Å²) >= 11 is 8.59. The third-order valence-corrected chi connectivity index (χ3v) is 4.67. The fourth-order valence-corrected chi connectivity index (χ4v) is 3.42. The highest BCUT2D eigenvalue weighted by Crippen LogP contribution is 2.37. The first kappa shape index (κ1) is 14.8. The van der Waals surface area contributed by atoms with Crippen molar-refractivity contribution in [3.8, 4) is 5.75 Å². The molecule has 2 nitrogen and oxygen atoms in total. The molecule has 1 aliphatic rings. The van der Waals surface area contributed by atoms with Crippen molar-refractivity contribution in [2.24, 2.45) is 11.1 Å². The molecular formula is C15H20BrNOS. The van der Waals surface area contributed by atoms with Gasteiger partial charge >= 0.3 is 0 Å². The molecule has 0 amide bonds. The van der Waals surface area contributed by atoms with E-state index in [1.807, 2.05) is 18.2 Å². The van der Waals surface area contributed by atoms with Gasteiger partial charge in [0.15, 0.2) is 0 Å². The van der Waals surface area contributed by atoms with Crippen LogP contribution in [0.5, 0.6) is 5.75 Å². The van der Waals surface area contributed by atoms with Gasteiger partial charge in [-0.2, -0.15) is 0 Å². The van der Waals surface area contributed by atoms with Crippen molar-refractivity contribution in [1.29, 1.82) is 0 Å². The number of benzene rings is 1. The Hall–Kier alpha value is -0.610. The Kier molecular flexibility index (Phi) is 4.51. The van der Waals surface area contributed by atoms with Crippen molar-refractivity contribution < 1.29 is 4.74 Å². The largest absolute Gasteiger partial charge is 0.490 e. The van der Waals surface area contributed by atoms with E-state index in [1.165, 1.54) is 12.8 Å². The van der Waals surface area contributed by atoms with Crippen molar-refractivity contribution >= 4 is 33.1 Å². The maximum atomic E-state index is 6.12. The lowest BCUT2D eigenvalue weighted by Crippen LogP contribution is -2.29. The topological polar surface area (TPSA) is 35.2 Å². The lowest BCUT2D eigenvalue weighted by atomic mass is 9.76. The van der Waals surface area contributed by atoms with Crippen LogP contribution in [0.2, 0.25) is 0 Å². The van der Waals surface area contributed by atoms with E-state index in [-0.39, 0.29) is 6.10 Å². The first-order chi connectivity index (χ1) is 8.89. The number of nitrogens with two attached hydrogens (primary N) is 1. The molecule has 0 atom stereocenters. The average Bonchev–Trinajstić information content (AvgIpc) is 2.31. The fraction of sp³-hybridized carbons (Fsp3) is 0.533. The van der Waals surface area contributed by atoms with Gasteiger partial charge in [-0.15, -0.1) is 0 Å². The summed E-state index contributed by atoms with van der Waals surface area (Å²) in [5.74, 6) is 0.798. The second-order valence-corrected chi connectivity index (χ2v) is 7.25. The van der Waals surface area contributed by atoms with E-state index in [0.29, 0.717) is 10.4 Å². The van der Waals surface area contributed by atoms with E-state index in [2.05, 4.69) is 29.8 Å². The van der Waals surface area contributed by atoms with Gasteiger partial charge in [-0.25, -0.2) is 0 Å². The number of ether oxygens (including phenoxy) is 1. The third-order valence-electron chi connectivity index (χ3n) is 3.80. The highest BCUT2D eigenvalue weighted by atomic mass is 79.9. The van der Waals surface area contributed by atoms with Crippen molar-refractivity contribution in [3.05, 3.63) is 28.2 Å². The number of hydrogen-bond donors (Lipinski definition) is 1. The minimum Gasteiger partial charge on any atom is -0.490 e. The monoisotopic (exact) mass is 341 g/mol. The van der Waals surface area contributed by atoms with Gasteiger partial charge < -0.3 is 10.5 Å². The molecule has 0 heterocycles. The third kappa shape index (κ3) is 3.69. The van der Waals surface area contributed by atoms with Gasteiger partial charge in [-0.05, 0) is 59.2 Å². The molecule has 0 unspecified atom stereocenters. The molecule has 0 bridgehead atoms. The number of thiocarbonyl (C=S) groups is 1. The van der Waals surface area contributed by atoms with E-state index in [0.717, 1.165) is 28.6 Å². The zero-order valence-corrected chi connectivity index (χ0v) is 13.8. The van der Waals surface area contributed by atoms with Gasteiger partial charge in [0.1, 0.15) is 10.7 Å². The highest BCUT2D eigenvalue weighted by molar-refractivity contribution is 9.10. The molecule has 1 aromatic carbocycles. The van der Waals surface area contributed by atoms with Gasteiger partial charge in [-0.1, -0.05) is 32.1 Å². The Morgan fingerprint density at radius 3 is 2.58 bits per heavy atom. The first-order valence-electron chi connectivity index (χ1n) is 6.64. The molecule has 0 radical (unpaired) electrons. The minimum absolute atomic E-state index is 0.274. The van der Waals surface area contributed by atoms with Gasteiger partial charge in [-0.3, -0.25) is 0 Å². The zero-order chi connectivity index (χ0) is 14.0. The van der Waals surface area contributed by atoms with Gasteiger partial charge in [0.05, 0.1) is 11.7 Å². The van der Waals surface area contributed by atoms with Crippen LogP contribution in [0, 0.1) is 5.41 Å². The lowest BCUT2D eigenvalue weighted by Gasteiger charge is -2.34. The summed E-state index contributed by atoms with van der Waals surface area (Å²) in [5, 5.41) is 0. The Balaban J connectivity index is 2.12. The molecule has 0 saturated heterocycles. The van der Waals surface area contributed by atoms with Crippen LogP contribution in [0.1, 0.15) is 45.1 Å². The smallest absolute Gasteiger partial charge is 0.131 e. The molecule has 1 fully saturated rings. The van der Waals surface area contributed by atoms with Crippen LogP contribution < -0.4 is 10.5 Å². The summed E-state index contributed by atoms with van der Waals surface area (Å²) in [6.45, 7) is 4.64. The summed E-state index contributed by atoms with van der Waals surface area (Å²) < 4.78 is 7.02. The summed E-state index contributed by atoms with van der Waals surface area (Å²) in [5.41, 5.74) is 7.04. The molecule has 2 N–H and O–H groups in total. The molecule has 2 rings (SSSR count). The van der Waals surface area contributed by atoms with Gasteiger partial charge in [0.2, 0.25) is 0 Å². The average molecular weight is 342 g/mol. The maximum Gasteiger partial charge on any atom is 0.131 e. The van der Waals surface area contributed by atoms with Crippen LogP contribution in [-0.2, 0) is 0 Å². The molecule has 0 spiro atoms. The van der Waals surface area contributed by atoms with Crippen LogP contribution in [-0.4, -0.2) is 11.1 Å². The molecule has 1 aromatic rings. The van der Waals surface area contributed by atoms with Gasteiger partial charge in [0.25, 0.3) is 0 Å². The zero-order valence-electron chi connectivity index (χ0n) is 11.4. The van der Waals surface area contributed by atoms with Gasteiger partial charge in [0, 0.05) is 4.47 Å². The quantitative estimate of drug-likeness (QED) is 0.826. The minimum atomic E-state index is 0.274. The summed E-state index contributed by atoms with van der Waals surface area (Å²) in [6.07, 6.45) is 4.87. The van der Waals surface area contributed by atoms with Crippen LogP contribution in [0.25, 0.3) is 0 Å². The number of hydrogen-bond acceptors (Lipinski definition) is 2. The normalized spacial score (nSPS) is 19.1. The molecule has 0 aliphatic heterocycles. The Morgan fingerprint density at radius 2 is 2.00 bits per heavy atom. The van der Waals surface area contributed by atoms with E-state index >= 15 is 0 Å². The van der Waals surface area contributed by atoms with Crippen LogP contribution in [0.3, 0.4) is 0 Å². The molecule has 1 saturated carbocycles. The first-order valence-corrected chi connectivity index (χ1v) is 7.84.